The molecule has 6 nitrogen and oxygen atoms in total. The number of carbonyl (C=O) groups excluding carboxylic acids is 1. The van der Waals surface area contributed by atoms with Crippen molar-refractivity contribution in [3.63, 3.8) is 0 Å². The summed E-state index contributed by atoms with van der Waals surface area (Å²) in [5.74, 6) is 0.946. The van der Waals surface area contributed by atoms with Gasteiger partial charge in [-0.25, -0.2) is 9.97 Å². The van der Waals surface area contributed by atoms with E-state index < -0.39 is 0 Å². The van der Waals surface area contributed by atoms with E-state index in [9.17, 15) is 4.79 Å². The molecule has 1 saturated heterocycles. The number of para-hydroxylation sites is 1. The van der Waals surface area contributed by atoms with Crippen molar-refractivity contribution < 1.29 is 9.21 Å². The van der Waals surface area contributed by atoms with E-state index in [2.05, 4.69) is 27.0 Å². The largest absolute Gasteiger partial charge is 0.460 e. The lowest BCUT2D eigenvalue weighted by Gasteiger charge is -2.34. The Morgan fingerprint density at radius 2 is 1.92 bits per heavy atom. The Morgan fingerprint density at radius 3 is 2.68 bits per heavy atom. The van der Waals surface area contributed by atoms with Gasteiger partial charge in [0.2, 0.25) is 0 Å². The number of hydrogen-bond acceptors (Lipinski definition) is 5. The number of rotatable bonds is 3. The highest BCUT2D eigenvalue weighted by Crippen LogP contribution is 2.20. The van der Waals surface area contributed by atoms with Crippen molar-refractivity contribution in [1.82, 2.24) is 19.8 Å². The molecule has 1 amide bonds. The van der Waals surface area contributed by atoms with Crippen LogP contribution in [-0.4, -0.2) is 51.9 Å². The van der Waals surface area contributed by atoms with Gasteiger partial charge in [0.05, 0.1) is 6.54 Å². The molecule has 0 atom stereocenters. The van der Waals surface area contributed by atoms with E-state index in [-0.39, 0.29) is 5.91 Å². The van der Waals surface area contributed by atoms with Crippen molar-refractivity contribution in [1.29, 1.82) is 0 Å². The maximum Gasteiger partial charge on any atom is 0.272 e. The van der Waals surface area contributed by atoms with Gasteiger partial charge >= 0.3 is 0 Å². The second-order valence-corrected chi connectivity index (χ2v) is 6.36. The molecular formula is C19H20N4O2. The number of amides is 1. The van der Waals surface area contributed by atoms with Crippen LogP contribution in [0.25, 0.3) is 11.0 Å². The number of hydrogen-bond donors (Lipinski definition) is 0. The number of carbonyl (C=O) groups is 1. The van der Waals surface area contributed by atoms with Crippen molar-refractivity contribution in [2.24, 2.45) is 0 Å². The number of aryl methyl sites for hydroxylation is 1. The van der Waals surface area contributed by atoms with E-state index in [1.54, 1.807) is 6.07 Å². The molecule has 0 unspecified atom stereocenters. The fourth-order valence-electron chi connectivity index (χ4n) is 3.18. The van der Waals surface area contributed by atoms with Crippen molar-refractivity contribution in [2.75, 3.05) is 26.2 Å². The molecule has 1 aromatic carbocycles. The van der Waals surface area contributed by atoms with Crippen molar-refractivity contribution >= 4 is 16.9 Å². The molecule has 0 aliphatic carbocycles. The van der Waals surface area contributed by atoms with E-state index in [1.807, 2.05) is 30.0 Å². The third-order valence-corrected chi connectivity index (χ3v) is 4.54. The minimum atomic E-state index is -0.0195. The van der Waals surface area contributed by atoms with Gasteiger partial charge in [0.1, 0.15) is 23.4 Å². The monoisotopic (exact) mass is 336 g/mol. The first-order valence-electron chi connectivity index (χ1n) is 8.47. The zero-order valence-electron chi connectivity index (χ0n) is 14.2. The standard InChI is InChI=1S/C19H20N4O2/c1-14-10-17(21-13-20-14)19(24)23-8-6-22(7-9-23)12-16-11-15-4-2-3-5-18(15)25-16/h2-5,10-11,13H,6-9,12H2,1H3. The maximum atomic E-state index is 12.5. The Balaban J connectivity index is 1.37. The predicted molar refractivity (Wildman–Crippen MR) is 94.2 cm³/mol. The van der Waals surface area contributed by atoms with Crippen molar-refractivity contribution in [3.8, 4) is 0 Å². The molecule has 0 radical (unpaired) electrons. The highest BCUT2D eigenvalue weighted by atomic mass is 16.3. The molecule has 3 aromatic rings. The van der Waals surface area contributed by atoms with Gasteiger partial charge in [-0.05, 0) is 25.1 Å². The second kappa shape index (κ2) is 6.64. The van der Waals surface area contributed by atoms with Gasteiger partial charge < -0.3 is 9.32 Å². The molecule has 0 N–H and O–H groups in total. The van der Waals surface area contributed by atoms with Crippen molar-refractivity contribution in [2.45, 2.75) is 13.5 Å². The molecule has 4 rings (SSSR count). The Hall–Kier alpha value is -2.73. The first kappa shape index (κ1) is 15.8. The highest BCUT2D eigenvalue weighted by molar-refractivity contribution is 5.92. The summed E-state index contributed by atoms with van der Waals surface area (Å²) in [5.41, 5.74) is 2.20. The van der Waals surface area contributed by atoms with Gasteiger partial charge in [0.15, 0.2) is 0 Å². The first-order chi connectivity index (χ1) is 12.2. The van der Waals surface area contributed by atoms with E-state index >= 15 is 0 Å². The fraction of sp³-hybridized carbons (Fsp3) is 0.316. The number of fused-ring (bicyclic) bond motifs is 1. The summed E-state index contributed by atoms with van der Waals surface area (Å²) in [5, 5.41) is 1.13. The lowest BCUT2D eigenvalue weighted by Crippen LogP contribution is -2.48. The van der Waals surface area contributed by atoms with Crippen LogP contribution in [0.4, 0.5) is 0 Å². The van der Waals surface area contributed by atoms with Crippen LogP contribution >= 0.6 is 0 Å². The second-order valence-electron chi connectivity index (χ2n) is 6.36. The van der Waals surface area contributed by atoms with Crippen LogP contribution in [0.15, 0.2) is 47.1 Å². The Kier molecular flexibility index (Phi) is 4.19. The van der Waals surface area contributed by atoms with Crippen LogP contribution in [0.3, 0.4) is 0 Å². The van der Waals surface area contributed by atoms with Crippen LogP contribution in [0.5, 0.6) is 0 Å². The third-order valence-electron chi connectivity index (χ3n) is 4.54. The summed E-state index contributed by atoms with van der Waals surface area (Å²) in [7, 11) is 0. The molecule has 0 bridgehead atoms. The molecule has 0 spiro atoms. The predicted octanol–water partition coefficient (Wildman–Crippen LogP) is 2.49. The molecular weight excluding hydrogens is 316 g/mol. The molecule has 25 heavy (non-hydrogen) atoms. The van der Waals surface area contributed by atoms with Gasteiger partial charge in [-0.3, -0.25) is 9.69 Å². The Labute approximate surface area is 146 Å². The fourth-order valence-corrected chi connectivity index (χ4v) is 3.18. The highest BCUT2D eigenvalue weighted by Gasteiger charge is 2.23. The molecule has 0 saturated carbocycles. The van der Waals surface area contributed by atoms with E-state index in [1.165, 1.54) is 6.33 Å². The lowest BCUT2D eigenvalue weighted by atomic mass is 10.2. The Morgan fingerprint density at radius 1 is 1.12 bits per heavy atom. The normalized spacial score (nSPS) is 15.6. The molecule has 1 aliphatic rings. The van der Waals surface area contributed by atoms with Gasteiger partial charge in [0.25, 0.3) is 5.91 Å². The molecule has 6 heteroatoms. The van der Waals surface area contributed by atoms with Crippen LogP contribution in [0.1, 0.15) is 21.9 Å². The Bertz CT molecular complexity index is 864. The quantitative estimate of drug-likeness (QED) is 0.735. The minimum absolute atomic E-state index is 0.0195. The van der Waals surface area contributed by atoms with Gasteiger partial charge in [0, 0.05) is 37.3 Å². The number of nitrogens with zero attached hydrogens (tertiary/aromatic N) is 4. The maximum absolute atomic E-state index is 12.5. The average molecular weight is 336 g/mol. The van der Waals surface area contributed by atoms with Crippen LogP contribution < -0.4 is 0 Å². The van der Waals surface area contributed by atoms with E-state index in [0.29, 0.717) is 18.8 Å². The summed E-state index contributed by atoms with van der Waals surface area (Å²) in [6.45, 7) is 5.68. The van der Waals surface area contributed by atoms with Crippen LogP contribution in [-0.2, 0) is 6.54 Å². The molecule has 3 heterocycles. The van der Waals surface area contributed by atoms with Gasteiger partial charge in [-0.15, -0.1) is 0 Å². The third kappa shape index (κ3) is 3.39. The SMILES string of the molecule is Cc1cc(C(=O)N2CCN(Cc3cc4ccccc4o3)CC2)ncn1. The molecule has 1 aliphatic heterocycles. The van der Waals surface area contributed by atoms with Crippen LogP contribution in [0, 0.1) is 6.92 Å². The smallest absolute Gasteiger partial charge is 0.272 e. The van der Waals surface area contributed by atoms with Gasteiger partial charge in [-0.1, -0.05) is 18.2 Å². The van der Waals surface area contributed by atoms with Crippen LogP contribution in [0.2, 0.25) is 0 Å². The van der Waals surface area contributed by atoms with Crippen molar-refractivity contribution in [3.05, 3.63) is 59.9 Å². The zero-order chi connectivity index (χ0) is 17.2. The van der Waals surface area contributed by atoms with E-state index in [4.69, 9.17) is 4.42 Å². The molecule has 2 aromatic heterocycles. The van der Waals surface area contributed by atoms with Gasteiger partial charge in [-0.2, -0.15) is 0 Å². The zero-order valence-corrected chi connectivity index (χ0v) is 14.2. The number of benzene rings is 1. The summed E-state index contributed by atoms with van der Waals surface area (Å²) < 4.78 is 5.89. The topological polar surface area (TPSA) is 62.5 Å². The summed E-state index contributed by atoms with van der Waals surface area (Å²) >= 11 is 0. The first-order valence-corrected chi connectivity index (χ1v) is 8.47. The number of piperazine rings is 1. The van der Waals surface area contributed by atoms with E-state index in [0.717, 1.165) is 42.1 Å². The number of furan rings is 1. The summed E-state index contributed by atoms with van der Waals surface area (Å²) in [4.78, 5) is 24.8. The minimum Gasteiger partial charge on any atom is -0.460 e. The lowest BCUT2D eigenvalue weighted by molar-refractivity contribution is 0.0615. The summed E-state index contributed by atoms with van der Waals surface area (Å²) in [6, 6.07) is 11.9. The summed E-state index contributed by atoms with van der Waals surface area (Å²) in [6.07, 6.45) is 1.44. The average Bonchev–Trinajstić information content (AvgIpc) is 3.04. The molecule has 128 valence electrons. The number of aromatic nitrogens is 2. The molecule has 1 fully saturated rings.